The normalized spacial score (nSPS) is 10.2. The number of ether oxygens (including phenoxy) is 1. The molecule has 0 spiro atoms. The Morgan fingerprint density at radius 1 is 1.47 bits per heavy atom. The Morgan fingerprint density at radius 2 is 2.35 bits per heavy atom. The number of aldehydes is 1. The Kier molecular flexibility index (Phi) is 3.49. The van der Waals surface area contributed by atoms with Crippen molar-refractivity contribution in [3.05, 3.63) is 48.0 Å². The lowest BCUT2D eigenvalue weighted by atomic mass is 10.2. The Bertz CT molecular complexity index is 497. The van der Waals surface area contributed by atoms with Gasteiger partial charge in [-0.1, -0.05) is 0 Å². The minimum absolute atomic E-state index is 0.141. The number of benzene rings is 1. The monoisotopic (exact) mass is 234 g/mol. The van der Waals surface area contributed by atoms with Crippen LogP contribution in [0.1, 0.15) is 10.4 Å². The zero-order chi connectivity index (χ0) is 12.1. The van der Waals surface area contributed by atoms with Gasteiger partial charge in [0.25, 0.3) is 0 Å². The molecule has 0 aliphatic heterocycles. The minimum Gasteiger partial charge on any atom is -0.489 e. The molecule has 2 rings (SSSR count). The van der Waals surface area contributed by atoms with Crippen LogP contribution < -0.4 is 4.74 Å². The molecular formula is C12H11FN2O2. The molecule has 0 atom stereocenters. The molecule has 4 nitrogen and oxygen atoms in total. The third-order valence-electron chi connectivity index (χ3n) is 2.23. The molecule has 1 heterocycles. The van der Waals surface area contributed by atoms with E-state index < -0.39 is 5.82 Å². The number of rotatable bonds is 5. The smallest absolute Gasteiger partial charge is 0.165 e. The number of carbonyl (C=O) groups is 1. The quantitative estimate of drug-likeness (QED) is 0.742. The Balaban J connectivity index is 1.92. The molecule has 0 radical (unpaired) electrons. The Hall–Kier alpha value is -2.17. The van der Waals surface area contributed by atoms with Gasteiger partial charge in [-0.2, -0.15) is 5.10 Å². The zero-order valence-electron chi connectivity index (χ0n) is 9.04. The Labute approximate surface area is 97.6 Å². The second kappa shape index (κ2) is 5.25. The fraction of sp³-hybridized carbons (Fsp3) is 0.167. The van der Waals surface area contributed by atoms with E-state index in [-0.39, 0.29) is 5.75 Å². The average molecular weight is 234 g/mol. The van der Waals surface area contributed by atoms with Crippen molar-refractivity contribution in [3.63, 3.8) is 0 Å². The van der Waals surface area contributed by atoms with Crippen molar-refractivity contribution < 1.29 is 13.9 Å². The van der Waals surface area contributed by atoms with E-state index in [1.54, 1.807) is 23.1 Å². The molecule has 0 unspecified atom stereocenters. The summed E-state index contributed by atoms with van der Waals surface area (Å²) in [6.07, 6.45) is 4.06. The van der Waals surface area contributed by atoms with Crippen LogP contribution in [-0.4, -0.2) is 22.7 Å². The summed E-state index contributed by atoms with van der Waals surface area (Å²) in [5.74, 6) is -0.391. The average Bonchev–Trinajstić information content (AvgIpc) is 2.84. The van der Waals surface area contributed by atoms with Crippen LogP contribution >= 0.6 is 0 Å². The van der Waals surface area contributed by atoms with Gasteiger partial charge in [-0.15, -0.1) is 0 Å². The first kappa shape index (κ1) is 11.3. The maximum atomic E-state index is 13.4. The lowest BCUT2D eigenvalue weighted by Crippen LogP contribution is -2.09. The van der Waals surface area contributed by atoms with Crippen LogP contribution in [0.3, 0.4) is 0 Å². The van der Waals surface area contributed by atoms with Crippen LogP contribution in [0, 0.1) is 5.82 Å². The van der Waals surface area contributed by atoms with Gasteiger partial charge in [0.05, 0.1) is 6.54 Å². The van der Waals surface area contributed by atoms with E-state index in [1.165, 1.54) is 12.1 Å². The van der Waals surface area contributed by atoms with Gasteiger partial charge in [0.1, 0.15) is 12.9 Å². The minimum atomic E-state index is -0.532. The van der Waals surface area contributed by atoms with Crippen molar-refractivity contribution in [1.29, 1.82) is 0 Å². The highest BCUT2D eigenvalue weighted by Crippen LogP contribution is 2.17. The standard InChI is InChI=1S/C12H11FN2O2/c13-11-8-10(9-16)2-3-12(11)17-7-6-15-5-1-4-14-15/h1-5,8-9H,6-7H2. The van der Waals surface area contributed by atoms with Crippen LogP contribution in [0.2, 0.25) is 0 Å². The number of aromatic nitrogens is 2. The van der Waals surface area contributed by atoms with Gasteiger partial charge in [-0.3, -0.25) is 9.48 Å². The van der Waals surface area contributed by atoms with E-state index >= 15 is 0 Å². The molecule has 17 heavy (non-hydrogen) atoms. The highest BCUT2D eigenvalue weighted by atomic mass is 19.1. The number of hydrogen-bond donors (Lipinski definition) is 0. The van der Waals surface area contributed by atoms with Crippen molar-refractivity contribution in [3.8, 4) is 5.75 Å². The molecular weight excluding hydrogens is 223 g/mol. The van der Waals surface area contributed by atoms with E-state index in [1.807, 2.05) is 0 Å². The summed E-state index contributed by atoms with van der Waals surface area (Å²) >= 11 is 0. The molecule has 2 aromatic rings. The molecule has 0 aliphatic rings. The first-order valence-corrected chi connectivity index (χ1v) is 5.14. The lowest BCUT2D eigenvalue weighted by molar-refractivity contribution is 0.112. The maximum absolute atomic E-state index is 13.4. The fourth-order valence-corrected chi connectivity index (χ4v) is 1.39. The third kappa shape index (κ3) is 2.90. The van der Waals surface area contributed by atoms with Crippen molar-refractivity contribution >= 4 is 6.29 Å². The Morgan fingerprint density at radius 3 is 3.00 bits per heavy atom. The summed E-state index contributed by atoms with van der Waals surface area (Å²) in [5.41, 5.74) is 0.293. The first-order chi connectivity index (χ1) is 8.29. The molecule has 1 aromatic carbocycles. The number of nitrogens with zero attached hydrogens (tertiary/aromatic N) is 2. The van der Waals surface area contributed by atoms with E-state index in [9.17, 15) is 9.18 Å². The van der Waals surface area contributed by atoms with Crippen molar-refractivity contribution in [2.24, 2.45) is 0 Å². The maximum Gasteiger partial charge on any atom is 0.165 e. The topological polar surface area (TPSA) is 44.1 Å². The van der Waals surface area contributed by atoms with Gasteiger partial charge in [0.2, 0.25) is 0 Å². The predicted octanol–water partition coefficient (Wildman–Crippen LogP) is 1.91. The second-order valence-corrected chi connectivity index (χ2v) is 3.43. The highest BCUT2D eigenvalue weighted by molar-refractivity contribution is 5.74. The van der Waals surface area contributed by atoms with Crippen LogP contribution in [0.4, 0.5) is 4.39 Å². The first-order valence-electron chi connectivity index (χ1n) is 5.14. The molecule has 1 aromatic heterocycles. The summed E-state index contributed by atoms with van der Waals surface area (Å²) in [6.45, 7) is 0.862. The van der Waals surface area contributed by atoms with Gasteiger partial charge in [-0.05, 0) is 24.3 Å². The van der Waals surface area contributed by atoms with E-state index in [2.05, 4.69) is 5.10 Å². The molecule has 0 amide bonds. The SMILES string of the molecule is O=Cc1ccc(OCCn2cccn2)c(F)c1. The summed E-state index contributed by atoms with van der Waals surface area (Å²) in [5, 5.41) is 3.99. The van der Waals surface area contributed by atoms with E-state index in [0.717, 1.165) is 6.07 Å². The zero-order valence-corrected chi connectivity index (χ0v) is 9.04. The summed E-state index contributed by atoms with van der Waals surface area (Å²) in [4.78, 5) is 10.4. The fourth-order valence-electron chi connectivity index (χ4n) is 1.39. The summed E-state index contributed by atoms with van der Waals surface area (Å²) in [6, 6.07) is 5.91. The number of halogens is 1. The largest absolute Gasteiger partial charge is 0.489 e. The number of hydrogen-bond acceptors (Lipinski definition) is 3. The van der Waals surface area contributed by atoms with Gasteiger partial charge in [0, 0.05) is 18.0 Å². The van der Waals surface area contributed by atoms with Gasteiger partial charge < -0.3 is 4.74 Å². The van der Waals surface area contributed by atoms with Gasteiger partial charge >= 0.3 is 0 Å². The van der Waals surface area contributed by atoms with E-state index in [0.29, 0.717) is 25.0 Å². The van der Waals surface area contributed by atoms with Crippen LogP contribution in [-0.2, 0) is 6.54 Å². The van der Waals surface area contributed by atoms with E-state index in [4.69, 9.17) is 4.74 Å². The molecule has 0 N–H and O–H groups in total. The van der Waals surface area contributed by atoms with Crippen molar-refractivity contribution in [2.75, 3.05) is 6.61 Å². The van der Waals surface area contributed by atoms with Crippen molar-refractivity contribution in [1.82, 2.24) is 9.78 Å². The van der Waals surface area contributed by atoms with Crippen LogP contribution in [0.15, 0.2) is 36.7 Å². The van der Waals surface area contributed by atoms with Crippen molar-refractivity contribution in [2.45, 2.75) is 6.54 Å². The van der Waals surface area contributed by atoms with Crippen LogP contribution in [0.5, 0.6) is 5.75 Å². The molecule has 0 saturated carbocycles. The summed E-state index contributed by atoms with van der Waals surface area (Å²) < 4.78 is 20.3. The molecule has 0 aliphatic carbocycles. The van der Waals surface area contributed by atoms with Crippen LogP contribution in [0.25, 0.3) is 0 Å². The third-order valence-corrected chi connectivity index (χ3v) is 2.23. The lowest BCUT2D eigenvalue weighted by Gasteiger charge is -2.07. The molecule has 0 bridgehead atoms. The molecule has 0 fully saturated rings. The molecule has 88 valence electrons. The molecule has 5 heteroatoms. The predicted molar refractivity (Wildman–Crippen MR) is 59.5 cm³/mol. The van der Waals surface area contributed by atoms with Gasteiger partial charge in [0.15, 0.2) is 11.6 Å². The number of carbonyl (C=O) groups excluding carboxylic acids is 1. The second-order valence-electron chi connectivity index (χ2n) is 3.43. The van der Waals surface area contributed by atoms with Gasteiger partial charge in [-0.25, -0.2) is 4.39 Å². The molecule has 0 saturated heterocycles. The highest BCUT2D eigenvalue weighted by Gasteiger charge is 2.04. The summed E-state index contributed by atoms with van der Waals surface area (Å²) in [7, 11) is 0.